The molecule has 0 saturated carbocycles. The number of hydrogen-bond donors (Lipinski definition) is 2. The Bertz CT molecular complexity index is 1040. The molecule has 0 aromatic carbocycles. The van der Waals surface area contributed by atoms with E-state index in [-0.39, 0.29) is 19.4 Å². The second kappa shape index (κ2) is 39.4. The van der Waals surface area contributed by atoms with E-state index in [1.54, 1.807) is 0 Å². The molecule has 0 radical (unpaired) electrons. The highest BCUT2D eigenvalue weighted by Crippen LogP contribution is 2.36. The maximum atomic E-state index is 12.4. The molecule has 0 aliphatic rings. The number of phosphoric ester groups is 1. The number of unbranched alkanes of at least 4 members (excludes halogenated alkanes) is 18. The molecule has 0 spiro atoms. The zero-order valence-corrected chi connectivity index (χ0v) is 34.5. The first-order chi connectivity index (χ1) is 25.8. The van der Waals surface area contributed by atoms with Gasteiger partial charge in [0.2, 0.25) is 0 Å². The number of esters is 2. The highest BCUT2D eigenvalue weighted by Gasteiger charge is 2.22. The lowest BCUT2D eigenvalue weighted by molar-refractivity contribution is -0.161. The molecule has 53 heavy (non-hydrogen) atoms. The van der Waals surface area contributed by atoms with Crippen LogP contribution in [0.5, 0.6) is 0 Å². The van der Waals surface area contributed by atoms with Crippen molar-refractivity contribution in [2.75, 3.05) is 13.2 Å². The van der Waals surface area contributed by atoms with E-state index in [1.165, 1.54) is 89.9 Å². The molecule has 8 nitrogen and oxygen atoms in total. The van der Waals surface area contributed by atoms with Gasteiger partial charge in [-0.05, 0) is 51.4 Å². The largest absolute Gasteiger partial charge is 0.469 e. The monoisotopic (exact) mass is 765 g/mol. The molecule has 0 fully saturated rings. The zero-order chi connectivity index (χ0) is 38.9. The number of carbonyl (C=O) groups excluding carboxylic acids is 2. The lowest BCUT2D eigenvalue weighted by Gasteiger charge is -2.18. The summed E-state index contributed by atoms with van der Waals surface area (Å²) in [5.74, 6) is -0.951. The standard InChI is InChI=1S/C44H77O8P/c1-3-5-7-9-11-13-15-17-19-21-23-25-27-29-31-33-35-37-39-44(46)52-42(41-51-53(47,48)49)40-50-43(45)38-36-34-32-30-28-26-24-22-20-18-16-14-12-10-8-6-4-2/h6,8,12,14,18,20,24,26,30,32,42H,3-5,7,9-11,13,15-17,19,21-23,25,27-29,31,33-41H2,1-2H3,(H2,47,48,49)/b8-6-,14-12-,20-18-,26-24-,32-30-/t42-/m1/s1. The summed E-state index contributed by atoms with van der Waals surface area (Å²) >= 11 is 0. The Morgan fingerprint density at radius 2 is 0.906 bits per heavy atom. The van der Waals surface area contributed by atoms with Crippen LogP contribution in [-0.2, 0) is 28.2 Å². The first-order valence-corrected chi connectivity index (χ1v) is 22.6. The van der Waals surface area contributed by atoms with Gasteiger partial charge in [-0.2, -0.15) is 0 Å². The molecule has 0 aliphatic carbocycles. The summed E-state index contributed by atoms with van der Waals surface area (Å²) in [6, 6.07) is 0. The van der Waals surface area contributed by atoms with E-state index in [2.05, 4.69) is 73.1 Å². The van der Waals surface area contributed by atoms with E-state index in [0.717, 1.165) is 57.8 Å². The van der Waals surface area contributed by atoms with Crippen LogP contribution < -0.4 is 0 Å². The molecule has 2 N–H and O–H groups in total. The molecular weight excluding hydrogens is 687 g/mol. The van der Waals surface area contributed by atoms with Crippen LogP contribution >= 0.6 is 7.82 Å². The molecule has 1 atom stereocenters. The quantitative estimate of drug-likeness (QED) is 0.0276. The Kier molecular flexibility index (Phi) is 37.8. The van der Waals surface area contributed by atoms with Crippen LogP contribution in [-0.4, -0.2) is 41.0 Å². The predicted octanol–water partition coefficient (Wildman–Crippen LogP) is 12.9. The van der Waals surface area contributed by atoms with Crippen LogP contribution in [0.15, 0.2) is 60.8 Å². The summed E-state index contributed by atoms with van der Waals surface area (Å²) in [4.78, 5) is 42.8. The average Bonchev–Trinajstić information content (AvgIpc) is 3.13. The third kappa shape index (κ3) is 42.4. The van der Waals surface area contributed by atoms with E-state index in [1.807, 2.05) is 6.08 Å². The number of carbonyl (C=O) groups is 2. The van der Waals surface area contributed by atoms with Gasteiger partial charge in [0.15, 0.2) is 6.10 Å². The molecule has 306 valence electrons. The summed E-state index contributed by atoms with van der Waals surface area (Å²) in [5, 5.41) is 0. The van der Waals surface area contributed by atoms with E-state index in [9.17, 15) is 14.2 Å². The van der Waals surface area contributed by atoms with E-state index < -0.39 is 32.5 Å². The molecule has 0 amide bonds. The molecule has 0 rings (SSSR count). The van der Waals surface area contributed by atoms with Crippen molar-refractivity contribution in [3.8, 4) is 0 Å². The lowest BCUT2D eigenvalue weighted by atomic mass is 10.0. The Labute approximate surface area is 324 Å². The van der Waals surface area contributed by atoms with Gasteiger partial charge in [-0.25, -0.2) is 4.57 Å². The van der Waals surface area contributed by atoms with E-state index >= 15 is 0 Å². The second-order valence-corrected chi connectivity index (χ2v) is 15.2. The van der Waals surface area contributed by atoms with Gasteiger partial charge in [0.1, 0.15) is 6.61 Å². The fourth-order valence-corrected chi connectivity index (χ4v) is 6.06. The zero-order valence-electron chi connectivity index (χ0n) is 33.6. The molecule has 0 heterocycles. The minimum absolute atomic E-state index is 0.188. The van der Waals surface area contributed by atoms with Gasteiger partial charge in [-0.3, -0.25) is 14.1 Å². The third-order valence-corrected chi connectivity index (χ3v) is 9.29. The molecule has 0 aromatic rings. The summed E-state index contributed by atoms with van der Waals surface area (Å²) < 4.78 is 26.3. The van der Waals surface area contributed by atoms with Crippen molar-refractivity contribution in [2.24, 2.45) is 0 Å². The van der Waals surface area contributed by atoms with Crippen molar-refractivity contribution in [3.63, 3.8) is 0 Å². The van der Waals surface area contributed by atoms with Crippen molar-refractivity contribution >= 4 is 19.8 Å². The number of hydrogen-bond acceptors (Lipinski definition) is 6. The summed E-state index contributed by atoms with van der Waals surface area (Å²) in [5.41, 5.74) is 0. The molecule has 0 aliphatic heterocycles. The number of ether oxygens (including phenoxy) is 2. The summed E-state index contributed by atoms with van der Waals surface area (Å²) in [6.07, 6.45) is 49.5. The van der Waals surface area contributed by atoms with Gasteiger partial charge < -0.3 is 19.3 Å². The number of rotatable bonds is 38. The third-order valence-electron chi connectivity index (χ3n) is 8.80. The first-order valence-electron chi connectivity index (χ1n) is 21.1. The number of phosphoric acid groups is 1. The van der Waals surface area contributed by atoms with Gasteiger partial charge in [0.25, 0.3) is 0 Å². The van der Waals surface area contributed by atoms with Crippen molar-refractivity contribution in [2.45, 2.75) is 193 Å². The van der Waals surface area contributed by atoms with Crippen LogP contribution in [0.1, 0.15) is 187 Å². The Morgan fingerprint density at radius 1 is 0.509 bits per heavy atom. The maximum absolute atomic E-state index is 12.4. The number of allylic oxidation sites excluding steroid dienone is 10. The molecule has 0 unspecified atom stereocenters. The Hall–Kier alpha value is -2.25. The van der Waals surface area contributed by atoms with Crippen LogP contribution in [0, 0.1) is 0 Å². The van der Waals surface area contributed by atoms with Crippen molar-refractivity contribution < 1.29 is 37.9 Å². The van der Waals surface area contributed by atoms with Gasteiger partial charge in [-0.15, -0.1) is 0 Å². The van der Waals surface area contributed by atoms with Gasteiger partial charge >= 0.3 is 19.8 Å². The van der Waals surface area contributed by atoms with E-state index in [4.69, 9.17) is 19.3 Å². The fraction of sp³-hybridized carbons (Fsp3) is 0.727. The highest BCUT2D eigenvalue weighted by molar-refractivity contribution is 7.46. The van der Waals surface area contributed by atoms with Crippen LogP contribution in [0.3, 0.4) is 0 Å². The minimum atomic E-state index is -4.77. The van der Waals surface area contributed by atoms with Crippen LogP contribution in [0.2, 0.25) is 0 Å². The van der Waals surface area contributed by atoms with Gasteiger partial charge in [-0.1, -0.05) is 184 Å². The Balaban J connectivity index is 3.99. The fourth-order valence-electron chi connectivity index (χ4n) is 5.70. The van der Waals surface area contributed by atoms with Gasteiger partial charge in [0.05, 0.1) is 6.61 Å². The topological polar surface area (TPSA) is 119 Å². The van der Waals surface area contributed by atoms with Crippen molar-refractivity contribution in [3.05, 3.63) is 60.8 Å². The SMILES string of the molecule is CC/C=C\C/C=C\C/C=C\C/C=C\C/C=C\CCCC(=O)OC[C@H](COP(=O)(O)O)OC(=O)CCCCCCCCCCCCCCCCCCCC. The first kappa shape index (κ1) is 50.8. The predicted molar refractivity (Wildman–Crippen MR) is 221 cm³/mol. The molecule has 0 aromatic heterocycles. The Morgan fingerprint density at radius 3 is 1.34 bits per heavy atom. The second-order valence-electron chi connectivity index (χ2n) is 13.9. The molecule has 9 heteroatoms. The highest BCUT2D eigenvalue weighted by atomic mass is 31.2. The lowest BCUT2D eigenvalue weighted by Crippen LogP contribution is -2.29. The summed E-state index contributed by atoms with van der Waals surface area (Å²) in [7, 11) is -4.77. The molecule has 0 bridgehead atoms. The maximum Gasteiger partial charge on any atom is 0.469 e. The van der Waals surface area contributed by atoms with Crippen molar-refractivity contribution in [1.82, 2.24) is 0 Å². The molecular formula is C44H77O8P. The van der Waals surface area contributed by atoms with E-state index in [0.29, 0.717) is 12.8 Å². The van der Waals surface area contributed by atoms with Gasteiger partial charge in [0, 0.05) is 12.8 Å². The summed E-state index contributed by atoms with van der Waals surface area (Å²) in [6.45, 7) is 3.53. The van der Waals surface area contributed by atoms with Crippen molar-refractivity contribution in [1.29, 1.82) is 0 Å². The average molecular weight is 765 g/mol. The molecule has 0 saturated heterocycles. The van der Waals surface area contributed by atoms with Crippen LogP contribution in [0.4, 0.5) is 0 Å². The minimum Gasteiger partial charge on any atom is -0.462 e. The smallest absolute Gasteiger partial charge is 0.462 e. The van der Waals surface area contributed by atoms with Crippen LogP contribution in [0.25, 0.3) is 0 Å². The normalized spacial score (nSPS) is 13.1.